The summed E-state index contributed by atoms with van der Waals surface area (Å²) in [6.07, 6.45) is 12.3. The zero-order valence-corrected chi connectivity index (χ0v) is 21.8. The number of unbranched alkanes of at least 4 members (excludes halogenated alkanes) is 5. The van der Waals surface area contributed by atoms with E-state index in [0.717, 1.165) is 38.5 Å². The van der Waals surface area contributed by atoms with Crippen molar-refractivity contribution in [2.75, 3.05) is 39.6 Å². The highest BCUT2D eigenvalue weighted by Crippen LogP contribution is 2.17. The van der Waals surface area contributed by atoms with Gasteiger partial charge >= 0.3 is 36.1 Å². The van der Waals surface area contributed by atoms with Gasteiger partial charge < -0.3 is 28.4 Å². The van der Waals surface area contributed by atoms with E-state index in [2.05, 4.69) is 56.2 Å². The van der Waals surface area contributed by atoms with Crippen molar-refractivity contribution >= 4 is 0 Å². The van der Waals surface area contributed by atoms with Crippen LogP contribution in [0.5, 0.6) is 36.1 Å². The third-order valence-electron chi connectivity index (χ3n) is 4.47. The van der Waals surface area contributed by atoms with Crippen LogP contribution < -0.4 is 28.4 Å². The van der Waals surface area contributed by atoms with E-state index in [9.17, 15) is 0 Å². The molecule has 0 atom stereocenters. The molecule has 2 aromatic heterocycles. The summed E-state index contributed by atoms with van der Waals surface area (Å²) >= 11 is 0. The summed E-state index contributed by atoms with van der Waals surface area (Å²) in [5.41, 5.74) is 0. The van der Waals surface area contributed by atoms with Crippen LogP contribution in [0.1, 0.15) is 38.5 Å². The van der Waals surface area contributed by atoms with Crippen LogP contribution in [0.15, 0.2) is 50.6 Å². The lowest BCUT2D eigenvalue weighted by Crippen LogP contribution is -2.08. The molecule has 0 spiro atoms. The molecule has 206 valence electrons. The SMILES string of the molecule is C=CCOc1nc(OCC=C)nc(OCCCCCCCCOc2nc(OCC=C)nc(OCC=C)n2)n1. The van der Waals surface area contributed by atoms with Crippen LogP contribution in [0.4, 0.5) is 0 Å². The molecule has 0 bridgehead atoms. The van der Waals surface area contributed by atoms with Crippen molar-refractivity contribution in [3.63, 3.8) is 0 Å². The van der Waals surface area contributed by atoms with E-state index in [1.54, 1.807) is 24.3 Å². The van der Waals surface area contributed by atoms with Crippen molar-refractivity contribution in [3.05, 3.63) is 50.6 Å². The van der Waals surface area contributed by atoms with Gasteiger partial charge in [0, 0.05) is 0 Å². The second kappa shape index (κ2) is 19.0. The molecule has 12 nitrogen and oxygen atoms in total. The molecule has 0 N–H and O–H groups in total. The predicted molar refractivity (Wildman–Crippen MR) is 141 cm³/mol. The van der Waals surface area contributed by atoms with Gasteiger partial charge in [-0.1, -0.05) is 76.3 Å². The largest absolute Gasteiger partial charge is 0.463 e. The normalized spacial score (nSPS) is 10.2. The maximum absolute atomic E-state index is 5.67. The first-order valence-corrected chi connectivity index (χ1v) is 12.4. The molecule has 0 saturated heterocycles. The highest BCUT2D eigenvalue weighted by molar-refractivity contribution is 5.10. The van der Waals surface area contributed by atoms with Gasteiger partial charge in [-0.25, -0.2) is 0 Å². The zero-order valence-electron chi connectivity index (χ0n) is 21.8. The third kappa shape index (κ3) is 12.7. The van der Waals surface area contributed by atoms with Gasteiger partial charge in [0.2, 0.25) is 0 Å². The molecule has 2 aromatic rings. The highest BCUT2D eigenvalue weighted by atomic mass is 16.5. The van der Waals surface area contributed by atoms with Crippen LogP contribution >= 0.6 is 0 Å². The Bertz CT molecular complexity index is 866. The van der Waals surface area contributed by atoms with Gasteiger partial charge in [0.15, 0.2) is 0 Å². The molecule has 2 heterocycles. The molecule has 2 rings (SSSR count). The van der Waals surface area contributed by atoms with Crippen molar-refractivity contribution in [1.29, 1.82) is 0 Å². The molecule has 0 fully saturated rings. The lowest BCUT2D eigenvalue weighted by molar-refractivity contribution is 0.245. The van der Waals surface area contributed by atoms with E-state index in [1.807, 2.05) is 0 Å². The molecular weight excluding hydrogens is 492 g/mol. The molecule has 0 radical (unpaired) electrons. The molecular formula is C26H36N6O6. The standard InChI is InChI=1S/C26H36N6O6/c1-5-15-33-21-27-22(34-16-6-2)30-25(29-21)37-19-13-11-9-10-12-14-20-38-26-31-23(35-17-7-3)28-24(32-26)36-18-8-4/h5-8H,1-4,9-20H2. The minimum atomic E-state index is 0.120. The summed E-state index contributed by atoms with van der Waals surface area (Å²) in [5, 5.41) is 0. The lowest BCUT2D eigenvalue weighted by Gasteiger charge is -2.09. The maximum Gasteiger partial charge on any atom is 0.326 e. The fraction of sp³-hybridized carbons (Fsp3) is 0.462. The van der Waals surface area contributed by atoms with Crippen molar-refractivity contribution in [1.82, 2.24) is 29.9 Å². The van der Waals surface area contributed by atoms with Crippen molar-refractivity contribution in [2.45, 2.75) is 38.5 Å². The number of ether oxygens (including phenoxy) is 6. The number of hydrogen-bond acceptors (Lipinski definition) is 12. The summed E-state index contributed by atoms with van der Waals surface area (Å²) in [5.74, 6) is 0. The number of nitrogens with zero attached hydrogens (tertiary/aromatic N) is 6. The van der Waals surface area contributed by atoms with E-state index in [0.29, 0.717) is 13.2 Å². The van der Waals surface area contributed by atoms with Gasteiger partial charge in [-0.15, -0.1) is 29.9 Å². The molecule has 0 amide bonds. The number of aromatic nitrogens is 6. The van der Waals surface area contributed by atoms with Gasteiger partial charge in [0.1, 0.15) is 26.4 Å². The average molecular weight is 529 g/mol. The number of hydrogen-bond donors (Lipinski definition) is 0. The quantitative estimate of drug-likeness (QED) is 0.152. The fourth-order valence-electron chi connectivity index (χ4n) is 2.80. The zero-order chi connectivity index (χ0) is 27.3. The maximum atomic E-state index is 5.67. The molecule has 0 saturated carbocycles. The Morgan fingerprint density at radius 1 is 0.368 bits per heavy atom. The minimum Gasteiger partial charge on any atom is -0.463 e. The fourth-order valence-corrected chi connectivity index (χ4v) is 2.80. The molecule has 38 heavy (non-hydrogen) atoms. The predicted octanol–water partition coefficient (Wildman–Crippen LogP) is 4.11. The second-order valence-electron chi connectivity index (χ2n) is 7.58. The smallest absolute Gasteiger partial charge is 0.326 e. The van der Waals surface area contributed by atoms with Crippen LogP contribution in [-0.2, 0) is 0 Å². The summed E-state index contributed by atoms with van der Waals surface area (Å²) in [6, 6.07) is 0.793. The van der Waals surface area contributed by atoms with Gasteiger partial charge in [-0.05, 0) is 12.8 Å². The topological polar surface area (TPSA) is 133 Å². The van der Waals surface area contributed by atoms with Crippen LogP contribution in [-0.4, -0.2) is 69.5 Å². The Balaban J connectivity index is 1.64. The first-order valence-electron chi connectivity index (χ1n) is 12.4. The molecule has 0 aliphatic carbocycles. The Morgan fingerprint density at radius 2 is 0.605 bits per heavy atom. The third-order valence-corrected chi connectivity index (χ3v) is 4.47. The Kier molecular flexibility index (Phi) is 15.0. The van der Waals surface area contributed by atoms with Crippen LogP contribution in [0.25, 0.3) is 0 Å². The summed E-state index contributed by atoms with van der Waals surface area (Å²) in [7, 11) is 0. The molecule has 0 aliphatic rings. The highest BCUT2D eigenvalue weighted by Gasteiger charge is 2.11. The molecule has 12 heteroatoms. The van der Waals surface area contributed by atoms with E-state index >= 15 is 0 Å². The minimum absolute atomic E-state index is 0.120. The van der Waals surface area contributed by atoms with Crippen LogP contribution in [0.3, 0.4) is 0 Å². The Hall–Kier alpha value is -4.22. The Labute approximate surface area is 223 Å². The lowest BCUT2D eigenvalue weighted by atomic mass is 10.1. The second-order valence-corrected chi connectivity index (χ2v) is 7.58. The van der Waals surface area contributed by atoms with Crippen LogP contribution in [0.2, 0.25) is 0 Å². The monoisotopic (exact) mass is 528 g/mol. The summed E-state index contributed by atoms with van der Waals surface area (Å²) < 4.78 is 32.8. The van der Waals surface area contributed by atoms with E-state index in [1.165, 1.54) is 0 Å². The molecule has 0 unspecified atom stereocenters. The van der Waals surface area contributed by atoms with Gasteiger partial charge in [-0.3, -0.25) is 0 Å². The molecule has 0 aliphatic heterocycles. The van der Waals surface area contributed by atoms with Crippen molar-refractivity contribution < 1.29 is 28.4 Å². The van der Waals surface area contributed by atoms with Crippen LogP contribution in [0, 0.1) is 0 Å². The van der Waals surface area contributed by atoms with Gasteiger partial charge in [0.25, 0.3) is 0 Å². The summed E-state index contributed by atoms with van der Waals surface area (Å²) in [6.45, 7) is 16.4. The van der Waals surface area contributed by atoms with E-state index < -0.39 is 0 Å². The van der Waals surface area contributed by atoms with Crippen molar-refractivity contribution in [2.24, 2.45) is 0 Å². The van der Waals surface area contributed by atoms with Crippen molar-refractivity contribution in [3.8, 4) is 36.1 Å². The first kappa shape index (κ1) is 30.0. The van der Waals surface area contributed by atoms with E-state index in [4.69, 9.17) is 28.4 Å². The molecule has 0 aromatic carbocycles. The van der Waals surface area contributed by atoms with Gasteiger partial charge in [0.05, 0.1) is 13.2 Å². The summed E-state index contributed by atoms with van der Waals surface area (Å²) in [4.78, 5) is 24.7. The number of rotatable bonds is 23. The van der Waals surface area contributed by atoms with Gasteiger partial charge in [-0.2, -0.15) is 0 Å². The van der Waals surface area contributed by atoms with E-state index in [-0.39, 0.29) is 62.5 Å². The Morgan fingerprint density at radius 3 is 0.868 bits per heavy atom. The average Bonchev–Trinajstić information content (AvgIpc) is 2.93. The first-order chi connectivity index (χ1) is 18.7.